The van der Waals surface area contributed by atoms with Crippen LogP contribution in [0.1, 0.15) is 31.2 Å². The van der Waals surface area contributed by atoms with Crippen molar-refractivity contribution in [3.05, 3.63) is 28.8 Å². The number of carbonyl (C=O) groups is 1. The molecule has 2 bridgehead atoms. The molecule has 1 aromatic rings. The third kappa shape index (κ3) is 2.94. The first kappa shape index (κ1) is 15.3. The highest BCUT2D eigenvalue weighted by molar-refractivity contribution is 6.30. The van der Waals surface area contributed by atoms with E-state index in [1.807, 2.05) is 30.1 Å². The Morgan fingerprint density at radius 2 is 2.04 bits per heavy atom. The van der Waals surface area contributed by atoms with Gasteiger partial charge in [0.25, 0.3) is 0 Å². The molecule has 0 radical (unpaired) electrons. The third-order valence-electron chi connectivity index (χ3n) is 5.62. The molecule has 4 rings (SSSR count). The number of hydrogen-bond acceptors (Lipinski definition) is 3. The molecule has 1 amide bonds. The second kappa shape index (κ2) is 5.99. The maximum atomic E-state index is 12.9. The molecule has 0 aromatic heterocycles. The average molecular weight is 335 g/mol. The van der Waals surface area contributed by atoms with E-state index in [2.05, 4.69) is 5.32 Å². The van der Waals surface area contributed by atoms with E-state index in [-0.39, 0.29) is 11.8 Å². The van der Waals surface area contributed by atoms with E-state index in [1.165, 1.54) is 12.8 Å². The van der Waals surface area contributed by atoms with Gasteiger partial charge in [0.1, 0.15) is 12.4 Å². The van der Waals surface area contributed by atoms with Crippen LogP contribution >= 0.6 is 11.6 Å². The topological polar surface area (TPSA) is 41.6 Å². The first-order chi connectivity index (χ1) is 11.1. The number of ether oxygens (including phenoxy) is 1. The lowest BCUT2D eigenvalue weighted by Gasteiger charge is -2.38. The zero-order chi connectivity index (χ0) is 16.0. The normalized spacial score (nSPS) is 32.1. The predicted molar refractivity (Wildman–Crippen MR) is 89.9 cm³/mol. The number of amides is 1. The lowest BCUT2D eigenvalue weighted by Crippen LogP contribution is -2.51. The monoisotopic (exact) mass is 334 g/mol. The second-order valence-electron chi connectivity index (χ2n) is 7.18. The zero-order valence-corrected chi connectivity index (χ0v) is 14.2. The van der Waals surface area contributed by atoms with Crippen LogP contribution in [0, 0.1) is 5.92 Å². The average Bonchev–Trinajstić information content (AvgIpc) is 2.90. The summed E-state index contributed by atoms with van der Waals surface area (Å²) in [5.41, 5.74) is 1.04. The molecule has 3 aliphatic rings. The minimum atomic E-state index is -0.0986. The summed E-state index contributed by atoms with van der Waals surface area (Å²) in [5, 5.41) is 4.33. The SMILES string of the molecule is CN(C(=O)C1COc2ccc(Cl)cc2C1)C1CC2CCC(C1)N2. The largest absolute Gasteiger partial charge is 0.492 e. The summed E-state index contributed by atoms with van der Waals surface area (Å²) >= 11 is 6.07. The van der Waals surface area contributed by atoms with E-state index < -0.39 is 0 Å². The predicted octanol–water partition coefficient (Wildman–Crippen LogP) is 2.63. The summed E-state index contributed by atoms with van der Waals surface area (Å²) in [4.78, 5) is 14.9. The highest BCUT2D eigenvalue weighted by atomic mass is 35.5. The Labute approximate surface area is 142 Å². The number of rotatable bonds is 2. The molecule has 1 N–H and O–H groups in total. The van der Waals surface area contributed by atoms with E-state index in [0.29, 0.717) is 29.8 Å². The number of nitrogens with zero attached hydrogens (tertiary/aromatic N) is 1. The summed E-state index contributed by atoms with van der Waals surface area (Å²) in [6.07, 6.45) is 5.38. The summed E-state index contributed by atoms with van der Waals surface area (Å²) in [6, 6.07) is 7.20. The van der Waals surface area contributed by atoms with E-state index in [9.17, 15) is 4.79 Å². The van der Waals surface area contributed by atoms with Crippen molar-refractivity contribution in [3.63, 3.8) is 0 Å². The fourth-order valence-corrected chi connectivity index (χ4v) is 4.53. The number of nitrogens with one attached hydrogen (secondary N) is 1. The second-order valence-corrected chi connectivity index (χ2v) is 7.61. The highest BCUT2D eigenvalue weighted by Gasteiger charge is 2.38. The lowest BCUT2D eigenvalue weighted by atomic mass is 9.93. The van der Waals surface area contributed by atoms with Gasteiger partial charge in [-0.1, -0.05) is 11.6 Å². The van der Waals surface area contributed by atoms with Gasteiger partial charge in [-0.15, -0.1) is 0 Å². The van der Waals surface area contributed by atoms with Crippen molar-refractivity contribution in [2.45, 2.75) is 50.2 Å². The van der Waals surface area contributed by atoms with Crippen molar-refractivity contribution in [2.75, 3.05) is 13.7 Å². The van der Waals surface area contributed by atoms with Gasteiger partial charge in [0.05, 0.1) is 5.92 Å². The van der Waals surface area contributed by atoms with Crippen molar-refractivity contribution in [1.82, 2.24) is 10.2 Å². The number of benzene rings is 1. The van der Waals surface area contributed by atoms with Gasteiger partial charge in [0, 0.05) is 30.2 Å². The summed E-state index contributed by atoms with van der Waals surface area (Å²) in [7, 11) is 1.96. The van der Waals surface area contributed by atoms with Gasteiger partial charge < -0.3 is 15.0 Å². The first-order valence-electron chi connectivity index (χ1n) is 8.54. The number of carbonyl (C=O) groups excluding carboxylic acids is 1. The maximum absolute atomic E-state index is 12.9. The molecule has 3 aliphatic heterocycles. The van der Waals surface area contributed by atoms with E-state index >= 15 is 0 Å². The van der Waals surface area contributed by atoms with E-state index in [4.69, 9.17) is 16.3 Å². The van der Waals surface area contributed by atoms with Gasteiger partial charge >= 0.3 is 0 Å². The minimum Gasteiger partial charge on any atom is -0.492 e. The summed E-state index contributed by atoms with van der Waals surface area (Å²) < 4.78 is 5.79. The van der Waals surface area contributed by atoms with Crippen molar-refractivity contribution < 1.29 is 9.53 Å². The molecule has 2 saturated heterocycles. The molecule has 124 valence electrons. The highest BCUT2D eigenvalue weighted by Crippen LogP contribution is 2.33. The van der Waals surface area contributed by atoms with Crippen molar-refractivity contribution >= 4 is 17.5 Å². The van der Waals surface area contributed by atoms with Crippen LogP contribution in [0.2, 0.25) is 5.02 Å². The first-order valence-corrected chi connectivity index (χ1v) is 8.92. The van der Waals surface area contributed by atoms with Gasteiger partial charge in [-0.3, -0.25) is 4.79 Å². The summed E-state index contributed by atoms with van der Waals surface area (Å²) in [6.45, 7) is 0.468. The van der Waals surface area contributed by atoms with Crippen LogP contribution in [0.3, 0.4) is 0 Å². The fourth-order valence-electron chi connectivity index (χ4n) is 4.33. The standard InChI is InChI=1S/C18H23ClN2O2/c1-21(16-8-14-3-4-15(9-16)20-14)18(22)12-6-11-7-13(19)2-5-17(11)23-10-12/h2,5,7,12,14-16,20H,3-4,6,8-10H2,1H3. The van der Waals surface area contributed by atoms with Crippen LogP contribution in [-0.2, 0) is 11.2 Å². The van der Waals surface area contributed by atoms with Crippen LogP contribution in [-0.4, -0.2) is 42.6 Å². The molecule has 5 heteroatoms. The molecule has 3 unspecified atom stereocenters. The van der Waals surface area contributed by atoms with Crippen LogP contribution in [0.4, 0.5) is 0 Å². The van der Waals surface area contributed by atoms with Crippen LogP contribution in [0.5, 0.6) is 5.75 Å². The Morgan fingerprint density at radius 1 is 1.30 bits per heavy atom. The molecule has 0 saturated carbocycles. The fraction of sp³-hybridized carbons (Fsp3) is 0.611. The molecule has 4 nitrogen and oxygen atoms in total. The molecule has 1 aromatic carbocycles. The van der Waals surface area contributed by atoms with E-state index in [0.717, 1.165) is 30.6 Å². The number of piperidine rings is 1. The van der Waals surface area contributed by atoms with Gasteiger partial charge in [-0.05, 0) is 55.9 Å². The van der Waals surface area contributed by atoms with Gasteiger partial charge in [0.15, 0.2) is 0 Å². The Kier molecular flexibility index (Phi) is 3.98. The Balaban J connectivity index is 1.45. The van der Waals surface area contributed by atoms with Crippen LogP contribution in [0.15, 0.2) is 18.2 Å². The van der Waals surface area contributed by atoms with Crippen LogP contribution in [0.25, 0.3) is 0 Å². The maximum Gasteiger partial charge on any atom is 0.229 e. The van der Waals surface area contributed by atoms with Gasteiger partial charge in [-0.25, -0.2) is 0 Å². The minimum absolute atomic E-state index is 0.0986. The van der Waals surface area contributed by atoms with Gasteiger partial charge in [0.2, 0.25) is 5.91 Å². The van der Waals surface area contributed by atoms with Gasteiger partial charge in [-0.2, -0.15) is 0 Å². The Morgan fingerprint density at radius 3 is 2.78 bits per heavy atom. The van der Waals surface area contributed by atoms with E-state index in [1.54, 1.807) is 0 Å². The molecule has 2 fully saturated rings. The van der Waals surface area contributed by atoms with Crippen LogP contribution < -0.4 is 10.1 Å². The number of hydrogen-bond donors (Lipinski definition) is 1. The third-order valence-corrected chi connectivity index (χ3v) is 5.86. The number of fused-ring (bicyclic) bond motifs is 3. The molecular formula is C18H23ClN2O2. The Hall–Kier alpha value is -1.26. The van der Waals surface area contributed by atoms with Crippen molar-refractivity contribution in [2.24, 2.45) is 5.92 Å². The molecule has 3 heterocycles. The zero-order valence-electron chi connectivity index (χ0n) is 13.4. The summed E-state index contributed by atoms with van der Waals surface area (Å²) in [5.74, 6) is 0.974. The number of halogens is 1. The quantitative estimate of drug-likeness (QED) is 0.904. The molecule has 3 atom stereocenters. The molecular weight excluding hydrogens is 312 g/mol. The molecule has 23 heavy (non-hydrogen) atoms. The molecule has 0 aliphatic carbocycles. The lowest BCUT2D eigenvalue weighted by molar-refractivity contribution is -0.138. The van der Waals surface area contributed by atoms with Crippen molar-refractivity contribution in [1.29, 1.82) is 0 Å². The molecule has 0 spiro atoms. The van der Waals surface area contributed by atoms with Crippen molar-refractivity contribution in [3.8, 4) is 5.75 Å². The smallest absolute Gasteiger partial charge is 0.229 e. The Bertz CT molecular complexity index is 609.